The molecule has 1 N–H and O–H groups in total. The summed E-state index contributed by atoms with van der Waals surface area (Å²) >= 11 is 0. The lowest BCUT2D eigenvalue weighted by Gasteiger charge is -2.28. The van der Waals surface area contributed by atoms with Gasteiger partial charge in [0.05, 0.1) is 13.2 Å². The van der Waals surface area contributed by atoms with Crippen LogP contribution in [0.4, 0.5) is 0 Å². The van der Waals surface area contributed by atoms with Crippen molar-refractivity contribution in [3.63, 3.8) is 0 Å². The van der Waals surface area contributed by atoms with Crippen LogP contribution in [0.1, 0.15) is 29.7 Å². The fourth-order valence-corrected chi connectivity index (χ4v) is 2.92. The Labute approximate surface area is 109 Å². The number of hydrogen-bond donors (Lipinski definition) is 1. The van der Waals surface area contributed by atoms with Crippen LogP contribution >= 0.6 is 0 Å². The van der Waals surface area contributed by atoms with Crippen molar-refractivity contribution in [2.24, 2.45) is 0 Å². The fourth-order valence-electron chi connectivity index (χ4n) is 2.92. The van der Waals surface area contributed by atoms with Crippen molar-refractivity contribution in [2.75, 3.05) is 32.8 Å². The monoisotopic (exact) mass is 246 g/mol. The molecule has 98 valence electrons. The molecule has 2 aliphatic heterocycles. The van der Waals surface area contributed by atoms with Gasteiger partial charge in [-0.25, -0.2) is 0 Å². The number of ether oxygens (including phenoxy) is 1. The average Bonchev–Trinajstić information content (AvgIpc) is 2.41. The predicted molar refractivity (Wildman–Crippen MR) is 72.7 cm³/mol. The van der Waals surface area contributed by atoms with Gasteiger partial charge in [-0.15, -0.1) is 0 Å². The molecule has 0 saturated carbocycles. The summed E-state index contributed by atoms with van der Waals surface area (Å²) in [4.78, 5) is 2.48. The first-order valence-electron chi connectivity index (χ1n) is 6.98. The minimum absolute atomic E-state index is 0.499. The molecule has 3 rings (SSSR count). The van der Waals surface area contributed by atoms with E-state index in [1.165, 1.54) is 16.7 Å². The van der Waals surface area contributed by atoms with Gasteiger partial charge in [0.15, 0.2) is 0 Å². The van der Waals surface area contributed by atoms with Crippen LogP contribution in [0.5, 0.6) is 0 Å². The molecule has 1 atom stereocenters. The summed E-state index contributed by atoms with van der Waals surface area (Å²) in [7, 11) is 0. The topological polar surface area (TPSA) is 24.5 Å². The van der Waals surface area contributed by atoms with Crippen LogP contribution in [0.2, 0.25) is 0 Å². The molecule has 2 aliphatic rings. The van der Waals surface area contributed by atoms with Gasteiger partial charge in [-0.3, -0.25) is 4.90 Å². The zero-order valence-corrected chi connectivity index (χ0v) is 11.1. The lowest BCUT2D eigenvalue weighted by Crippen LogP contribution is -2.35. The molecule has 3 heteroatoms. The van der Waals surface area contributed by atoms with Gasteiger partial charge in [0.1, 0.15) is 0 Å². The molecule has 1 saturated heterocycles. The van der Waals surface area contributed by atoms with Crippen LogP contribution in [0.15, 0.2) is 18.2 Å². The smallest absolute Gasteiger partial charge is 0.0594 e. The summed E-state index contributed by atoms with van der Waals surface area (Å²) in [6, 6.07) is 7.51. The van der Waals surface area contributed by atoms with Crippen molar-refractivity contribution in [3.8, 4) is 0 Å². The highest BCUT2D eigenvalue weighted by atomic mass is 16.5. The van der Waals surface area contributed by atoms with E-state index in [0.29, 0.717) is 6.04 Å². The molecule has 0 amide bonds. The van der Waals surface area contributed by atoms with Crippen molar-refractivity contribution in [3.05, 3.63) is 34.9 Å². The molecule has 0 radical (unpaired) electrons. The largest absolute Gasteiger partial charge is 0.379 e. The van der Waals surface area contributed by atoms with E-state index in [-0.39, 0.29) is 0 Å². The van der Waals surface area contributed by atoms with E-state index in [1.54, 1.807) is 0 Å². The SMILES string of the molecule is CC1NCCc2ccc(CN3CCOCC3)cc21. The van der Waals surface area contributed by atoms with E-state index in [1.807, 2.05) is 0 Å². The average molecular weight is 246 g/mol. The summed E-state index contributed by atoms with van der Waals surface area (Å²) in [6.07, 6.45) is 1.16. The second-order valence-corrected chi connectivity index (χ2v) is 5.35. The first-order valence-corrected chi connectivity index (χ1v) is 6.98. The third-order valence-corrected chi connectivity index (χ3v) is 4.03. The summed E-state index contributed by atoms with van der Waals surface area (Å²) < 4.78 is 5.39. The van der Waals surface area contributed by atoms with Crippen molar-refractivity contribution in [2.45, 2.75) is 25.9 Å². The molecule has 1 fully saturated rings. The van der Waals surface area contributed by atoms with Crippen LogP contribution in [-0.4, -0.2) is 37.7 Å². The molecule has 18 heavy (non-hydrogen) atoms. The Bertz CT molecular complexity index is 413. The molecule has 0 spiro atoms. The lowest BCUT2D eigenvalue weighted by atomic mass is 9.93. The van der Waals surface area contributed by atoms with Gasteiger partial charge in [-0.2, -0.15) is 0 Å². The number of nitrogens with zero attached hydrogens (tertiary/aromatic N) is 1. The Balaban J connectivity index is 1.74. The second-order valence-electron chi connectivity index (χ2n) is 5.35. The van der Waals surface area contributed by atoms with Crippen molar-refractivity contribution in [1.82, 2.24) is 10.2 Å². The Kier molecular flexibility index (Phi) is 3.64. The van der Waals surface area contributed by atoms with Gasteiger partial charge in [0.25, 0.3) is 0 Å². The summed E-state index contributed by atoms with van der Waals surface area (Å²) in [6.45, 7) is 8.30. The molecule has 3 nitrogen and oxygen atoms in total. The lowest BCUT2D eigenvalue weighted by molar-refractivity contribution is 0.0342. The van der Waals surface area contributed by atoms with Crippen LogP contribution in [-0.2, 0) is 17.7 Å². The Morgan fingerprint density at radius 1 is 1.33 bits per heavy atom. The van der Waals surface area contributed by atoms with Crippen LogP contribution in [0.25, 0.3) is 0 Å². The molecule has 0 aliphatic carbocycles. The molecule has 1 aromatic carbocycles. The van der Waals surface area contributed by atoms with Crippen LogP contribution < -0.4 is 5.32 Å². The standard InChI is InChI=1S/C15H22N2O/c1-12-15-10-13(2-3-14(15)4-5-16-12)11-17-6-8-18-9-7-17/h2-3,10,12,16H,4-9,11H2,1H3. The zero-order valence-electron chi connectivity index (χ0n) is 11.1. The maximum atomic E-state index is 5.39. The Morgan fingerprint density at radius 2 is 2.17 bits per heavy atom. The van der Waals surface area contributed by atoms with Gasteiger partial charge < -0.3 is 10.1 Å². The van der Waals surface area contributed by atoms with E-state index < -0.39 is 0 Å². The third-order valence-electron chi connectivity index (χ3n) is 4.03. The van der Waals surface area contributed by atoms with Crippen LogP contribution in [0, 0.1) is 0 Å². The van der Waals surface area contributed by atoms with Gasteiger partial charge in [-0.1, -0.05) is 18.2 Å². The Hall–Kier alpha value is -0.900. The normalized spacial score (nSPS) is 24.8. The number of nitrogens with one attached hydrogen (secondary N) is 1. The number of benzene rings is 1. The molecular weight excluding hydrogens is 224 g/mol. The highest BCUT2D eigenvalue weighted by Crippen LogP contribution is 2.24. The van der Waals surface area contributed by atoms with E-state index in [2.05, 4.69) is 35.3 Å². The maximum absolute atomic E-state index is 5.39. The molecule has 1 aromatic rings. The highest BCUT2D eigenvalue weighted by Gasteiger charge is 2.17. The fraction of sp³-hybridized carbons (Fsp3) is 0.600. The minimum Gasteiger partial charge on any atom is -0.379 e. The van der Waals surface area contributed by atoms with Gasteiger partial charge >= 0.3 is 0 Å². The predicted octanol–water partition coefficient (Wildman–Crippen LogP) is 1.73. The third kappa shape index (κ3) is 2.58. The van der Waals surface area contributed by atoms with E-state index in [4.69, 9.17) is 4.74 Å². The van der Waals surface area contributed by atoms with Gasteiger partial charge in [-0.05, 0) is 36.6 Å². The number of morpholine rings is 1. The molecule has 0 aromatic heterocycles. The van der Waals surface area contributed by atoms with E-state index in [0.717, 1.165) is 45.8 Å². The Morgan fingerprint density at radius 3 is 3.00 bits per heavy atom. The molecular formula is C15H22N2O. The molecule has 1 unspecified atom stereocenters. The van der Waals surface area contributed by atoms with Crippen molar-refractivity contribution >= 4 is 0 Å². The summed E-state index contributed by atoms with van der Waals surface area (Å²) in [5.41, 5.74) is 4.45. The summed E-state index contributed by atoms with van der Waals surface area (Å²) in [5, 5.41) is 3.54. The summed E-state index contributed by atoms with van der Waals surface area (Å²) in [5.74, 6) is 0. The quantitative estimate of drug-likeness (QED) is 0.860. The molecule has 2 heterocycles. The van der Waals surface area contributed by atoms with Crippen molar-refractivity contribution < 1.29 is 4.74 Å². The second kappa shape index (κ2) is 5.39. The first kappa shape index (κ1) is 12.2. The number of rotatable bonds is 2. The molecule has 0 bridgehead atoms. The van der Waals surface area contributed by atoms with Crippen LogP contribution in [0.3, 0.4) is 0 Å². The van der Waals surface area contributed by atoms with E-state index >= 15 is 0 Å². The highest BCUT2D eigenvalue weighted by molar-refractivity contribution is 5.36. The number of hydrogen-bond acceptors (Lipinski definition) is 3. The first-order chi connectivity index (χ1) is 8.83. The van der Waals surface area contributed by atoms with E-state index in [9.17, 15) is 0 Å². The van der Waals surface area contributed by atoms with Gasteiger partial charge in [0.2, 0.25) is 0 Å². The van der Waals surface area contributed by atoms with Gasteiger partial charge in [0, 0.05) is 25.7 Å². The minimum atomic E-state index is 0.499. The number of fused-ring (bicyclic) bond motifs is 1. The van der Waals surface area contributed by atoms with Crippen molar-refractivity contribution in [1.29, 1.82) is 0 Å². The maximum Gasteiger partial charge on any atom is 0.0594 e. The zero-order chi connectivity index (χ0) is 12.4.